The molecule has 274 valence electrons. The molecule has 1 aromatic carbocycles. The summed E-state index contributed by atoms with van der Waals surface area (Å²) in [5, 5.41) is 12.0. The molecule has 1 aliphatic rings. The summed E-state index contributed by atoms with van der Waals surface area (Å²) in [6.45, 7) is 17.2. The molecule has 3 atom stereocenters. The lowest BCUT2D eigenvalue weighted by Gasteiger charge is -2.39. The van der Waals surface area contributed by atoms with Gasteiger partial charge in [-0.05, 0) is 63.5 Å². The third kappa shape index (κ3) is 10.5. The van der Waals surface area contributed by atoms with E-state index < -0.39 is 73.9 Å². The third-order valence-corrected chi connectivity index (χ3v) is 13.0. The molecule has 2 aromatic rings. The Morgan fingerprint density at radius 1 is 1.16 bits per heavy atom. The molecule has 1 saturated heterocycles. The molecule has 3 rings (SSSR count). The third-order valence-electron chi connectivity index (χ3n) is 8.49. The zero-order valence-electron chi connectivity index (χ0n) is 29.8. The molecule has 2 heterocycles. The minimum atomic E-state index is -4.96. The number of nitro groups is 1. The van der Waals surface area contributed by atoms with E-state index in [0.29, 0.717) is 12.8 Å². The summed E-state index contributed by atoms with van der Waals surface area (Å²) in [6, 6.07) is 5.26. The van der Waals surface area contributed by atoms with Crippen molar-refractivity contribution < 1.29 is 41.6 Å². The zero-order valence-corrected chi connectivity index (χ0v) is 30.8. The van der Waals surface area contributed by atoms with Gasteiger partial charge in [0.15, 0.2) is 8.32 Å². The molecule has 0 spiro atoms. The van der Waals surface area contributed by atoms with Crippen LogP contribution >= 0.6 is 0 Å². The van der Waals surface area contributed by atoms with E-state index >= 15 is 0 Å². The van der Waals surface area contributed by atoms with Crippen LogP contribution in [0.3, 0.4) is 0 Å². The van der Waals surface area contributed by atoms with Gasteiger partial charge in [-0.3, -0.25) is 24.4 Å². The van der Waals surface area contributed by atoms with Crippen LogP contribution in [-0.2, 0) is 25.2 Å². The molecular weight excluding hydrogens is 677 g/mol. The normalized spacial score (nSPS) is 18.3. The maximum absolute atomic E-state index is 13.4. The number of alkyl halides is 3. The molecule has 0 N–H and O–H groups in total. The highest BCUT2D eigenvalue weighted by Gasteiger charge is 2.45. The van der Waals surface area contributed by atoms with E-state index in [1.54, 1.807) is 20.8 Å². The van der Waals surface area contributed by atoms with E-state index in [1.807, 2.05) is 6.92 Å². The lowest BCUT2D eigenvalue weighted by molar-refractivity contribution is -0.385. The highest BCUT2D eigenvalue weighted by atomic mass is 28.4. The van der Waals surface area contributed by atoms with Gasteiger partial charge in [-0.25, -0.2) is 9.59 Å². The Bertz CT molecular complexity index is 1700. The fourth-order valence-corrected chi connectivity index (χ4v) is 6.20. The first-order valence-electron chi connectivity index (χ1n) is 16.2. The number of hydrogen-bond acceptors (Lipinski definition) is 9. The summed E-state index contributed by atoms with van der Waals surface area (Å²) in [5.74, 6) is 2.91. The minimum absolute atomic E-state index is 0.0292. The van der Waals surface area contributed by atoms with Crippen molar-refractivity contribution in [1.29, 1.82) is 0 Å². The number of anilines is 1. The quantitative estimate of drug-likeness (QED) is 0.106. The number of carbonyl (C=O) groups is 2. The summed E-state index contributed by atoms with van der Waals surface area (Å²) in [4.78, 5) is 54.4. The molecular formula is C34H45F3N4O8Si. The monoisotopic (exact) mass is 722 g/mol. The van der Waals surface area contributed by atoms with Crippen molar-refractivity contribution in [3.63, 3.8) is 0 Å². The van der Waals surface area contributed by atoms with Gasteiger partial charge >= 0.3 is 18.0 Å². The maximum Gasteiger partial charge on any atom is 0.450 e. The van der Waals surface area contributed by atoms with Crippen molar-refractivity contribution in [3.05, 3.63) is 62.2 Å². The molecule has 0 aliphatic carbocycles. The largest absolute Gasteiger partial charge is 0.450 e. The molecule has 1 fully saturated rings. The number of aromatic nitrogens is 2. The first-order valence-corrected chi connectivity index (χ1v) is 19.1. The number of nitrogens with zero attached hydrogens (tertiary/aromatic N) is 4. The van der Waals surface area contributed by atoms with E-state index in [9.17, 15) is 37.7 Å². The van der Waals surface area contributed by atoms with Gasteiger partial charge in [-0.1, -0.05) is 39.5 Å². The maximum atomic E-state index is 13.4. The number of Topliss-reactive ketones (excluding diaryl/α,β-unsaturated/α-hetero) is 1. The van der Waals surface area contributed by atoms with Crippen LogP contribution < -0.4 is 10.6 Å². The number of amides is 1. The summed E-state index contributed by atoms with van der Waals surface area (Å²) < 4.78 is 57.1. The molecule has 0 radical (unpaired) electrons. The average Bonchev–Trinajstić information content (AvgIpc) is 3.37. The van der Waals surface area contributed by atoms with Gasteiger partial charge in [0.2, 0.25) is 5.78 Å². The number of hydrogen-bond donors (Lipinski definition) is 0. The van der Waals surface area contributed by atoms with E-state index in [-0.39, 0.29) is 34.2 Å². The minimum Gasteiger partial charge on any atom is -0.443 e. The van der Waals surface area contributed by atoms with E-state index in [4.69, 9.17) is 13.9 Å². The highest BCUT2D eigenvalue weighted by molar-refractivity contribution is 6.74. The van der Waals surface area contributed by atoms with Crippen molar-refractivity contribution in [2.45, 2.75) is 129 Å². The predicted octanol–water partition coefficient (Wildman–Crippen LogP) is 7.44. The number of carbonyl (C=O) groups excluding carboxylic acids is 2. The number of ether oxygens (including phenoxy) is 2. The van der Waals surface area contributed by atoms with Crippen LogP contribution in [0, 0.1) is 22.0 Å². The zero-order chi connectivity index (χ0) is 37.8. The number of halogens is 3. The Balaban J connectivity index is 1.92. The van der Waals surface area contributed by atoms with Gasteiger partial charge in [0, 0.05) is 42.7 Å². The van der Waals surface area contributed by atoms with Gasteiger partial charge in [0.1, 0.15) is 17.6 Å². The van der Waals surface area contributed by atoms with Crippen molar-refractivity contribution in [2.24, 2.45) is 0 Å². The number of ketones is 1. The second-order valence-corrected chi connectivity index (χ2v) is 19.3. The van der Waals surface area contributed by atoms with E-state index in [0.717, 1.165) is 11.0 Å². The van der Waals surface area contributed by atoms with E-state index in [1.165, 1.54) is 29.0 Å². The first kappa shape index (κ1) is 40.4. The van der Waals surface area contributed by atoms with Crippen molar-refractivity contribution >= 4 is 31.7 Å². The molecule has 0 bridgehead atoms. The van der Waals surface area contributed by atoms with Crippen LogP contribution in [0.25, 0.3) is 0 Å². The van der Waals surface area contributed by atoms with Crippen LogP contribution in [0.15, 0.2) is 35.3 Å². The molecule has 0 saturated carbocycles. The number of nitro benzene ring substituents is 1. The van der Waals surface area contributed by atoms with Crippen molar-refractivity contribution in [1.82, 2.24) is 9.55 Å². The lowest BCUT2D eigenvalue weighted by atomic mass is 10.1. The number of benzene rings is 1. The topological polar surface area (TPSA) is 143 Å². The number of rotatable bonds is 10. The Labute approximate surface area is 290 Å². The fourth-order valence-electron chi connectivity index (χ4n) is 4.84. The summed E-state index contributed by atoms with van der Waals surface area (Å²) in [7, 11) is -2.15. The summed E-state index contributed by atoms with van der Waals surface area (Å²) in [6.07, 6.45) is -5.72. The molecule has 1 aromatic heterocycles. The summed E-state index contributed by atoms with van der Waals surface area (Å²) in [5.41, 5.74) is -1.96. The van der Waals surface area contributed by atoms with Crippen molar-refractivity contribution in [3.8, 4) is 11.8 Å². The predicted molar refractivity (Wildman–Crippen MR) is 182 cm³/mol. The van der Waals surface area contributed by atoms with Gasteiger partial charge in [0.25, 0.3) is 5.69 Å². The summed E-state index contributed by atoms with van der Waals surface area (Å²) >= 11 is 0. The van der Waals surface area contributed by atoms with Gasteiger partial charge in [0.05, 0.1) is 23.7 Å². The van der Waals surface area contributed by atoms with Gasteiger partial charge in [-0.2, -0.15) is 18.2 Å². The first-order chi connectivity index (χ1) is 22.9. The Morgan fingerprint density at radius 2 is 1.82 bits per heavy atom. The van der Waals surface area contributed by atoms with Crippen LogP contribution in [0.4, 0.5) is 29.5 Å². The van der Waals surface area contributed by atoms with Gasteiger partial charge < -0.3 is 13.9 Å². The van der Waals surface area contributed by atoms with Crippen molar-refractivity contribution in [2.75, 3.05) is 4.90 Å². The second kappa shape index (κ2) is 15.4. The average molecular weight is 723 g/mol. The van der Waals surface area contributed by atoms with Crippen LogP contribution in [0.2, 0.25) is 18.1 Å². The van der Waals surface area contributed by atoms with E-state index in [2.05, 4.69) is 50.7 Å². The molecule has 16 heteroatoms. The smallest absolute Gasteiger partial charge is 0.443 e. The molecule has 12 nitrogen and oxygen atoms in total. The Hall–Kier alpha value is -4.07. The van der Waals surface area contributed by atoms with Crippen LogP contribution in [0.5, 0.6) is 0 Å². The molecule has 1 aliphatic heterocycles. The van der Waals surface area contributed by atoms with Gasteiger partial charge in [-0.15, -0.1) is 0 Å². The SMILES string of the molecule is CC[C@H]1O[C@@H](n2ccc(N(Cc3ccc(C#CCCC(=O)C(F)(F)F)cc3[N+](=O)[O-])C(=O)OC(C)(C)C)nc2=O)C[C@H]1O[Si](C)(C)C(C)(C)C. The van der Waals surface area contributed by atoms with Crippen LogP contribution in [-0.4, -0.2) is 58.7 Å². The Kier molecular flexibility index (Phi) is 12.5. The molecule has 50 heavy (non-hydrogen) atoms. The molecule has 1 amide bonds. The second-order valence-electron chi connectivity index (χ2n) is 14.6. The Morgan fingerprint density at radius 3 is 2.36 bits per heavy atom. The highest BCUT2D eigenvalue weighted by Crippen LogP contribution is 2.41. The standard InChI is InChI=1S/C34H45F3N4O8Si/c1-10-25-26(49-50(8,9)33(5,6)7)20-29(47-25)39-18-17-28(38-30(39)43)40(31(44)48-32(2,3)4)21-23-16-15-22(19-24(23)41(45)46)13-11-12-14-27(42)34(35,36)37/h15-19,25-26,29H,10,12,14,20-21H2,1-9H3/t25-,26-,29-/m1/s1. The lowest BCUT2D eigenvalue weighted by Crippen LogP contribution is -2.45. The molecule has 0 unspecified atom stereocenters. The fraction of sp³-hybridized carbons (Fsp3) is 0.588. The van der Waals surface area contributed by atoms with Crippen LogP contribution in [0.1, 0.15) is 91.5 Å².